The van der Waals surface area contributed by atoms with E-state index >= 15 is 0 Å². The zero-order valence-electron chi connectivity index (χ0n) is 14.5. The van der Waals surface area contributed by atoms with Gasteiger partial charge >= 0.3 is 0 Å². The minimum atomic E-state index is -0.0490. The van der Waals surface area contributed by atoms with Gasteiger partial charge in [-0.2, -0.15) is 0 Å². The lowest BCUT2D eigenvalue weighted by Crippen LogP contribution is -2.64. The third kappa shape index (κ3) is 3.42. The third-order valence-corrected chi connectivity index (χ3v) is 5.81. The molecule has 1 aromatic heterocycles. The number of β-lactam (4-membered cyclic amide) rings is 1. The van der Waals surface area contributed by atoms with Crippen LogP contribution in [0.5, 0.6) is 0 Å². The first kappa shape index (κ1) is 16.4. The van der Waals surface area contributed by atoms with Crippen molar-refractivity contribution >= 4 is 5.91 Å². The fourth-order valence-corrected chi connectivity index (χ4v) is 4.04. The molecule has 1 aromatic rings. The number of carbonyl (C=O) groups excluding carboxylic acids is 1. The minimum absolute atomic E-state index is 0.0490. The number of pyridine rings is 1. The number of likely N-dealkylation sites (tertiary alicyclic amines) is 2. The third-order valence-electron chi connectivity index (χ3n) is 5.81. The van der Waals surface area contributed by atoms with Crippen LogP contribution in [0.2, 0.25) is 0 Å². The van der Waals surface area contributed by atoms with Crippen molar-refractivity contribution in [2.24, 2.45) is 11.3 Å². The van der Waals surface area contributed by atoms with E-state index in [4.69, 9.17) is 0 Å². The van der Waals surface area contributed by atoms with Gasteiger partial charge < -0.3 is 9.80 Å². The summed E-state index contributed by atoms with van der Waals surface area (Å²) in [5.74, 6) is 1.17. The minimum Gasteiger partial charge on any atom is -0.337 e. The van der Waals surface area contributed by atoms with E-state index in [0.717, 1.165) is 44.0 Å². The molecule has 3 rings (SSSR count). The fourth-order valence-electron chi connectivity index (χ4n) is 4.04. The molecule has 0 aliphatic carbocycles. The van der Waals surface area contributed by atoms with Crippen molar-refractivity contribution in [2.45, 2.75) is 46.1 Å². The lowest BCUT2D eigenvalue weighted by Gasteiger charge is -2.52. The van der Waals surface area contributed by atoms with E-state index < -0.39 is 0 Å². The molecule has 0 atom stereocenters. The van der Waals surface area contributed by atoms with Crippen LogP contribution in [-0.2, 0) is 11.3 Å². The maximum Gasteiger partial charge on any atom is 0.231 e. The van der Waals surface area contributed by atoms with Crippen LogP contribution in [0.25, 0.3) is 0 Å². The predicted octanol–water partition coefficient (Wildman–Crippen LogP) is 2.94. The number of hydrogen-bond acceptors (Lipinski definition) is 3. The van der Waals surface area contributed by atoms with Crippen LogP contribution < -0.4 is 0 Å². The van der Waals surface area contributed by atoms with E-state index in [9.17, 15) is 4.79 Å². The molecular weight excluding hydrogens is 286 g/mol. The number of aromatic nitrogens is 1. The molecule has 0 radical (unpaired) electrons. The van der Waals surface area contributed by atoms with Crippen LogP contribution in [0.1, 0.15) is 45.1 Å². The van der Waals surface area contributed by atoms with Gasteiger partial charge in [-0.1, -0.05) is 32.8 Å². The molecule has 1 amide bonds. The fraction of sp³-hybridized carbons (Fsp3) is 0.684. The van der Waals surface area contributed by atoms with Crippen LogP contribution >= 0.6 is 0 Å². The van der Waals surface area contributed by atoms with Crippen LogP contribution in [0, 0.1) is 11.3 Å². The average molecular weight is 315 g/mol. The number of carbonyl (C=O) groups is 1. The summed E-state index contributed by atoms with van der Waals surface area (Å²) in [6.45, 7) is 9.59. The van der Waals surface area contributed by atoms with Gasteiger partial charge in [0.2, 0.25) is 5.91 Å². The van der Waals surface area contributed by atoms with Gasteiger partial charge in [0.05, 0.1) is 5.41 Å². The molecule has 2 aliphatic rings. The highest BCUT2D eigenvalue weighted by atomic mass is 16.2. The summed E-state index contributed by atoms with van der Waals surface area (Å²) in [5.41, 5.74) is 1.08. The monoisotopic (exact) mass is 315 g/mol. The van der Waals surface area contributed by atoms with E-state index in [1.165, 1.54) is 19.4 Å². The predicted molar refractivity (Wildman–Crippen MR) is 91.8 cm³/mol. The molecule has 0 bridgehead atoms. The summed E-state index contributed by atoms with van der Waals surface area (Å²) in [7, 11) is 0. The molecule has 2 saturated heterocycles. The molecular formula is C19H29N3O. The molecule has 2 aliphatic heterocycles. The van der Waals surface area contributed by atoms with Gasteiger partial charge in [0.1, 0.15) is 0 Å². The summed E-state index contributed by atoms with van der Waals surface area (Å²) in [6.07, 6.45) is 8.23. The molecule has 23 heavy (non-hydrogen) atoms. The molecule has 0 N–H and O–H groups in total. The van der Waals surface area contributed by atoms with E-state index in [2.05, 4.69) is 23.7 Å². The Morgan fingerprint density at radius 2 is 2.00 bits per heavy atom. The van der Waals surface area contributed by atoms with Crippen molar-refractivity contribution < 1.29 is 4.79 Å². The second-order valence-corrected chi connectivity index (χ2v) is 7.29. The highest BCUT2D eigenvalue weighted by Gasteiger charge is 2.52. The first-order valence-corrected chi connectivity index (χ1v) is 9.07. The Bertz CT molecular complexity index is 519. The Labute approximate surface area is 139 Å². The molecule has 0 aromatic carbocycles. The normalized spacial score (nSPS) is 21.0. The van der Waals surface area contributed by atoms with Gasteiger partial charge in [0.15, 0.2) is 0 Å². The van der Waals surface area contributed by atoms with E-state index in [0.29, 0.717) is 12.5 Å². The van der Waals surface area contributed by atoms with Gasteiger partial charge in [-0.05, 0) is 43.5 Å². The highest BCUT2D eigenvalue weighted by molar-refractivity contribution is 5.88. The second-order valence-electron chi connectivity index (χ2n) is 7.29. The van der Waals surface area contributed by atoms with Crippen LogP contribution in [0.4, 0.5) is 0 Å². The Morgan fingerprint density at radius 3 is 2.57 bits per heavy atom. The maximum atomic E-state index is 12.7. The second kappa shape index (κ2) is 7.00. The van der Waals surface area contributed by atoms with Crippen molar-refractivity contribution in [3.63, 3.8) is 0 Å². The first-order valence-electron chi connectivity index (χ1n) is 9.07. The lowest BCUT2D eigenvalue weighted by molar-refractivity contribution is -0.166. The number of piperidine rings is 1. The first-order chi connectivity index (χ1) is 11.2. The highest BCUT2D eigenvalue weighted by Crippen LogP contribution is 2.42. The van der Waals surface area contributed by atoms with Crippen LogP contribution in [0.3, 0.4) is 0 Å². The Morgan fingerprint density at radius 1 is 1.26 bits per heavy atom. The standard InChI is InChI=1S/C19H29N3O/c1-3-16(4-2)13-21-10-7-19(8-11-21)15-22(18(19)23)14-17-6-5-9-20-12-17/h5-6,9,12,16H,3-4,7-8,10-11,13-15H2,1-2H3. The number of nitrogens with zero attached hydrogens (tertiary/aromatic N) is 3. The quantitative estimate of drug-likeness (QED) is 0.757. The van der Waals surface area contributed by atoms with Crippen molar-refractivity contribution in [3.05, 3.63) is 30.1 Å². The van der Waals surface area contributed by atoms with Crippen molar-refractivity contribution in [1.29, 1.82) is 0 Å². The number of amides is 1. The van der Waals surface area contributed by atoms with Crippen molar-refractivity contribution in [1.82, 2.24) is 14.8 Å². The Balaban J connectivity index is 1.49. The largest absolute Gasteiger partial charge is 0.337 e. The average Bonchev–Trinajstić information content (AvgIpc) is 2.61. The molecule has 126 valence electrons. The topological polar surface area (TPSA) is 36.4 Å². The molecule has 1 spiro atoms. The van der Waals surface area contributed by atoms with E-state index in [1.54, 1.807) is 6.20 Å². The summed E-state index contributed by atoms with van der Waals surface area (Å²) in [5, 5.41) is 0. The zero-order valence-corrected chi connectivity index (χ0v) is 14.5. The zero-order chi connectivity index (χ0) is 16.3. The van der Waals surface area contributed by atoms with Gasteiger partial charge in [0.25, 0.3) is 0 Å². The smallest absolute Gasteiger partial charge is 0.231 e. The van der Waals surface area contributed by atoms with Gasteiger partial charge in [0, 0.05) is 32.0 Å². The summed E-state index contributed by atoms with van der Waals surface area (Å²) in [6, 6.07) is 3.98. The van der Waals surface area contributed by atoms with Gasteiger partial charge in [-0.3, -0.25) is 9.78 Å². The van der Waals surface area contributed by atoms with E-state index in [1.807, 2.05) is 23.2 Å². The Hall–Kier alpha value is -1.42. The van der Waals surface area contributed by atoms with Crippen molar-refractivity contribution in [2.75, 3.05) is 26.2 Å². The maximum absolute atomic E-state index is 12.7. The summed E-state index contributed by atoms with van der Waals surface area (Å²) < 4.78 is 0. The van der Waals surface area contributed by atoms with Crippen LogP contribution in [0.15, 0.2) is 24.5 Å². The van der Waals surface area contributed by atoms with Crippen LogP contribution in [-0.4, -0.2) is 46.9 Å². The molecule has 4 nitrogen and oxygen atoms in total. The SMILES string of the molecule is CCC(CC)CN1CCC2(CC1)CN(Cc1cccnc1)C2=O. The molecule has 0 unspecified atom stereocenters. The lowest BCUT2D eigenvalue weighted by atomic mass is 9.71. The summed E-state index contributed by atoms with van der Waals surface area (Å²) >= 11 is 0. The number of hydrogen-bond donors (Lipinski definition) is 0. The molecule has 3 heterocycles. The molecule has 4 heteroatoms. The summed E-state index contributed by atoms with van der Waals surface area (Å²) in [4.78, 5) is 21.4. The van der Waals surface area contributed by atoms with Gasteiger partial charge in [-0.25, -0.2) is 0 Å². The Kier molecular flexibility index (Phi) is 5.00. The van der Waals surface area contributed by atoms with E-state index in [-0.39, 0.29) is 5.41 Å². The number of rotatable bonds is 6. The molecule has 0 saturated carbocycles. The van der Waals surface area contributed by atoms with Crippen molar-refractivity contribution in [3.8, 4) is 0 Å². The molecule has 2 fully saturated rings. The van der Waals surface area contributed by atoms with Gasteiger partial charge in [-0.15, -0.1) is 0 Å².